The molecule has 1 heterocycles. The highest BCUT2D eigenvalue weighted by atomic mass is 16.5. The van der Waals surface area contributed by atoms with Gasteiger partial charge in [-0.15, -0.1) is 0 Å². The first-order valence-electron chi connectivity index (χ1n) is 10.9. The van der Waals surface area contributed by atoms with Crippen molar-refractivity contribution in [3.05, 3.63) is 70.8 Å². The summed E-state index contributed by atoms with van der Waals surface area (Å²) in [7, 11) is 0. The third kappa shape index (κ3) is 2.93. The van der Waals surface area contributed by atoms with Crippen LogP contribution in [0.5, 0.6) is 0 Å². The lowest BCUT2D eigenvalue weighted by Gasteiger charge is -2.45. The molecule has 6 nitrogen and oxygen atoms in total. The quantitative estimate of drug-likeness (QED) is 0.549. The Balaban J connectivity index is 1.44. The summed E-state index contributed by atoms with van der Waals surface area (Å²) in [6.45, 7) is 4.40. The van der Waals surface area contributed by atoms with E-state index in [1.165, 1.54) is 0 Å². The second kappa shape index (κ2) is 7.12. The van der Waals surface area contributed by atoms with Crippen molar-refractivity contribution >= 4 is 23.6 Å². The summed E-state index contributed by atoms with van der Waals surface area (Å²) < 4.78 is 5.10. The molecule has 0 N–H and O–H groups in total. The van der Waals surface area contributed by atoms with Gasteiger partial charge in [0.2, 0.25) is 11.8 Å². The Morgan fingerprint density at radius 3 is 1.59 bits per heavy atom. The first kappa shape index (κ1) is 20.6. The van der Waals surface area contributed by atoms with Crippen LogP contribution in [-0.2, 0) is 23.9 Å². The zero-order chi connectivity index (χ0) is 22.8. The number of imide groups is 1. The van der Waals surface area contributed by atoms with Gasteiger partial charge in [-0.1, -0.05) is 69.3 Å². The molecule has 1 fully saturated rings. The van der Waals surface area contributed by atoms with Crippen molar-refractivity contribution in [3.63, 3.8) is 0 Å². The highest BCUT2D eigenvalue weighted by molar-refractivity contribution is 6.09. The van der Waals surface area contributed by atoms with Gasteiger partial charge in [0.05, 0.1) is 11.8 Å². The van der Waals surface area contributed by atoms with E-state index >= 15 is 0 Å². The number of ether oxygens (including phenoxy) is 1. The fourth-order valence-electron chi connectivity index (χ4n) is 5.43. The van der Waals surface area contributed by atoms with Gasteiger partial charge in [0, 0.05) is 17.3 Å². The van der Waals surface area contributed by atoms with Crippen molar-refractivity contribution in [2.45, 2.75) is 32.6 Å². The van der Waals surface area contributed by atoms with Gasteiger partial charge >= 0.3 is 5.97 Å². The Kier molecular flexibility index (Phi) is 4.59. The molecule has 2 aromatic rings. The van der Waals surface area contributed by atoms with Crippen molar-refractivity contribution in [1.82, 2.24) is 4.90 Å². The predicted molar refractivity (Wildman–Crippen MR) is 116 cm³/mol. The van der Waals surface area contributed by atoms with E-state index < -0.39 is 29.8 Å². The van der Waals surface area contributed by atoms with Crippen LogP contribution in [0.4, 0.5) is 0 Å². The van der Waals surface area contributed by atoms with Crippen LogP contribution in [-0.4, -0.2) is 41.6 Å². The van der Waals surface area contributed by atoms with Crippen LogP contribution in [0, 0.1) is 17.3 Å². The van der Waals surface area contributed by atoms with Crippen molar-refractivity contribution < 1.29 is 23.9 Å². The molecule has 3 aliphatic carbocycles. The van der Waals surface area contributed by atoms with Crippen molar-refractivity contribution in [3.8, 4) is 0 Å². The molecule has 6 rings (SSSR count). The summed E-state index contributed by atoms with van der Waals surface area (Å²) in [5.74, 6) is -3.11. The number of hydrogen-bond acceptors (Lipinski definition) is 5. The molecule has 2 amide bonds. The van der Waals surface area contributed by atoms with Crippen LogP contribution in [0.1, 0.15) is 54.9 Å². The topological polar surface area (TPSA) is 80.8 Å². The van der Waals surface area contributed by atoms with E-state index in [1.807, 2.05) is 48.5 Å². The zero-order valence-electron chi connectivity index (χ0n) is 18.3. The van der Waals surface area contributed by atoms with Crippen LogP contribution < -0.4 is 0 Å². The van der Waals surface area contributed by atoms with E-state index in [4.69, 9.17) is 4.74 Å². The molecule has 32 heavy (non-hydrogen) atoms. The lowest BCUT2D eigenvalue weighted by molar-refractivity contribution is -0.155. The lowest BCUT2D eigenvalue weighted by Crippen LogP contribution is -2.41. The monoisotopic (exact) mass is 431 g/mol. The standard InChI is InChI=1S/C26H25NO5/c1-26(2,3)18(28)13-32-19(29)12-27-24(30)22-20-14-8-4-5-9-15(14)21(23(22)25(27)31)17-11-7-6-10-16(17)20/h4-11,20-23H,12-13H2,1-3H3. The van der Waals surface area contributed by atoms with E-state index in [0.29, 0.717) is 0 Å². The third-order valence-corrected chi connectivity index (χ3v) is 7.03. The first-order chi connectivity index (χ1) is 15.2. The van der Waals surface area contributed by atoms with Gasteiger partial charge in [0.25, 0.3) is 0 Å². The number of nitrogens with zero attached hydrogens (tertiary/aromatic N) is 1. The van der Waals surface area contributed by atoms with Gasteiger partial charge in [0.1, 0.15) is 6.54 Å². The molecule has 4 aliphatic rings. The van der Waals surface area contributed by atoms with Crippen LogP contribution in [0.2, 0.25) is 0 Å². The van der Waals surface area contributed by atoms with E-state index in [9.17, 15) is 19.2 Å². The maximum absolute atomic E-state index is 13.4. The molecule has 0 aromatic heterocycles. The highest BCUT2D eigenvalue weighted by Crippen LogP contribution is 2.60. The first-order valence-corrected chi connectivity index (χ1v) is 10.9. The van der Waals surface area contributed by atoms with E-state index in [1.54, 1.807) is 20.8 Å². The molecule has 164 valence electrons. The van der Waals surface area contributed by atoms with Crippen LogP contribution >= 0.6 is 0 Å². The number of hydrogen-bond donors (Lipinski definition) is 0. The largest absolute Gasteiger partial charge is 0.456 e. The molecule has 0 spiro atoms. The Morgan fingerprint density at radius 1 is 0.812 bits per heavy atom. The van der Waals surface area contributed by atoms with Gasteiger partial charge in [-0.2, -0.15) is 0 Å². The summed E-state index contributed by atoms with van der Waals surface area (Å²) in [4.78, 5) is 52.4. The predicted octanol–water partition coefficient (Wildman–Crippen LogP) is 3.04. The lowest BCUT2D eigenvalue weighted by atomic mass is 9.55. The van der Waals surface area contributed by atoms with Crippen LogP contribution in [0.3, 0.4) is 0 Å². The molecule has 2 unspecified atom stereocenters. The minimum Gasteiger partial charge on any atom is -0.456 e. The SMILES string of the molecule is CC(C)(C)C(=O)COC(=O)CN1C(=O)C2C3c4ccccc4C(c4ccccc43)C2C1=O. The van der Waals surface area contributed by atoms with E-state index in [2.05, 4.69) is 0 Å². The van der Waals surface area contributed by atoms with Gasteiger partial charge in [-0.05, 0) is 22.3 Å². The highest BCUT2D eigenvalue weighted by Gasteiger charge is 2.61. The Morgan fingerprint density at radius 2 is 1.22 bits per heavy atom. The zero-order valence-corrected chi connectivity index (χ0v) is 18.3. The average Bonchev–Trinajstić information content (AvgIpc) is 3.02. The molecular weight excluding hydrogens is 406 g/mol. The number of likely N-dealkylation sites (tertiary alicyclic amines) is 1. The van der Waals surface area contributed by atoms with Crippen molar-refractivity contribution in [1.29, 1.82) is 0 Å². The third-order valence-electron chi connectivity index (χ3n) is 7.03. The number of rotatable bonds is 4. The van der Waals surface area contributed by atoms with Crippen LogP contribution in [0.25, 0.3) is 0 Å². The van der Waals surface area contributed by atoms with Crippen molar-refractivity contribution in [2.24, 2.45) is 17.3 Å². The maximum Gasteiger partial charge on any atom is 0.326 e. The van der Waals surface area contributed by atoms with Gasteiger partial charge in [-0.25, -0.2) is 0 Å². The second-order valence-electron chi connectivity index (χ2n) is 9.86. The molecular formula is C26H25NO5. The Labute approximate surface area is 186 Å². The fourth-order valence-corrected chi connectivity index (χ4v) is 5.43. The number of carbonyl (C=O) groups excluding carboxylic acids is 4. The number of Topliss-reactive ketones (excluding diaryl/α,β-unsaturated/α-hetero) is 1. The molecule has 0 saturated carbocycles. The van der Waals surface area contributed by atoms with E-state index in [0.717, 1.165) is 27.2 Å². The van der Waals surface area contributed by atoms with Gasteiger partial charge < -0.3 is 4.74 Å². The van der Waals surface area contributed by atoms with E-state index in [-0.39, 0.29) is 36.0 Å². The number of benzene rings is 2. The van der Waals surface area contributed by atoms with Crippen molar-refractivity contribution in [2.75, 3.05) is 13.2 Å². The normalized spacial score (nSPS) is 25.3. The summed E-state index contributed by atoms with van der Waals surface area (Å²) in [6, 6.07) is 16.0. The molecule has 0 radical (unpaired) electrons. The summed E-state index contributed by atoms with van der Waals surface area (Å²) in [5, 5.41) is 0. The molecule has 2 aromatic carbocycles. The summed E-state index contributed by atoms with van der Waals surface area (Å²) in [5.41, 5.74) is 3.70. The minimum atomic E-state index is -0.745. The molecule has 2 atom stereocenters. The minimum absolute atomic E-state index is 0.211. The van der Waals surface area contributed by atoms with Gasteiger partial charge in [0.15, 0.2) is 12.4 Å². The second-order valence-corrected chi connectivity index (χ2v) is 9.86. The number of esters is 1. The maximum atomic E-state index is 13.4. The Hall–Kier alpha value is -3.28. The van der Waals surface area contributed by atoms with Gasteiger partial charge in [-0.3, -0.25) is 24.1 Å². The number of carbonyl (C=O) groups is 4. The number of ketones is 1. The Bertz CT molecular complexity index is 1050. The molecule has 6 heteroatoms. The smallest absolute Gasteiger partial charge is 0.326 e. The summed E-state index contributed by atoms with van der Waals surface area (Å²) >= 11 is 0. The summed E-state index contributed by atoms with van der Waals surface area (Å²) in [6.07, 6.45) is 0. The number of amides is 2. The van der Waals surface area contributed by atoms with Crippen LogP contribution in [0.15, 0.2) is 48.5 Å². The molecule has 1 aliphatic heterocycles. The fraction of sp³-hybridized carbons (Fsp3) is 0.385. The molecule has 2 bridgehead atoms. The molecule has 1 saturated heterocycles. The average molecular weight is 431 g/mol.